The summed E-state index contributed by atoms with van der Waals surface area (Å²) in [5, 5.41) is 0. The van der Waals surface area contributed by atoms with Gasteiger partial charge < -0.3 is 5.73 Å². The molecule has 0 fully saturated rings. The molecule has 2 aromatic rings. The fraction of sp³-hybridized carbons (Fsp3) is 0.368. The number of hydrogen-bond donors (Lipinski definition) is 1. The van der Waals surface area contributed by atoms with E-state index < -0.39 is 6.37 Å². The molecule has 2 bridgehead atoms. The molecule has 1 heteroatoms. The van der Waals surface area contributed by atoms with E-state index in [9.17, 15) is 0 Å². The van der Waals surface area contributed by atoms with Crippen molar-refractivity contribution in [3.8, 4) is 0 Å². The van der Waals surface area contributed by atoms with Crippen LogP contribution < -0.4 is 5.73 Å². The zero-order valence-corrected chi connectivity index (χ0v) is 11.6. The Bertz CT molecular complexity index is 675. The minimum Gasteiger partial charge on any atom is -0.330 e. The van der Waals surface area contributed by atoms with E-state index in [4.69, 9.17) is 8.48 Å². The second-order valence-electron chi connectivity index (χ2n) is 5.98. The SMILES string of the molecule is [2H]C([2H])(CN)CC12CCC(c3ccccc31)c1ccccc12. The lowest BCUT2D eigenvalue weighted by atomic mass is 9.54. The maximum atomic E-state index is 8.28. The average Bonchev–Trinajstić information content (AvgIpc) is 2.55. The van der Waals surface area contributed by atoms with Crippen molar-refractivity contribution in [1.82, 2.24) is 0 Å². The fourth-order valence-electron chi connectivity index (χ4n) is 4.32. The number of nitrogens with two attached hydrogens (primary N) is 1. The van der Waals surface area contributed by atoms with E-state index in [-0.39, 0.29) is 12.0 Å². The van der Waals surface area contributed by atoms with E-state index in [1.165, 1.54) is 22.3 Å². The molecule has 20 heavy (non-hydrogen) atoms. The molecule has 0 amide bonds. The molecule has 1 nitrogen and oxygen atoms in total. The Morgan fingerprint density at radius 3 is 2.25 bits per heavy atom. The fourth-order valence-corrected chi connectivity index (χ4v) is 4.32. The molecule has 0 spiro atoms. The van der Waals surface area contributed by atoms with Crippen molar-refractivity contribution in [2.24, 2.45) is 5.73 Å². The lowest BCUT2D eigenvalue weighted by molar-refractivity contribution is 0.344. The molecule has 2 N–H and O–H groups in total. The van der Waals surface area contributed by atoms with Crippen LogP contribution >= 0.6 is 0 Å². The average molecular weight is 265 g/mol. The summed E-state index contributed by atoms with van der Waals surface area (Å²) in [5.74, 6) is 0.470. The van der Waals surface area contributed by atoms with Gasteiger partial charge in [0, 0.05) is 14.1 Å². The number of benzene rings is 2. The molecule has 3 aliphatic carbocycles. The minimum absolute atomic E-state index is 0.0719. The molecule has 2 aromatic carbocycles. The van der Waals surface area contributed by atoms with Crippen LogP contribution in [0.4, 0.5) is 0 Å². The first-order valence-corrected chi connectivity index (χ1v) is 7.46. The zero-order chi connectivity index (χ0) is 15.4. The van der Waals surface area contributed by atoms with Crippen LogP contribution in [0.3, 0.4) is 0 Å². The molecule has 0 atom stereocenters. The summed E-state index contributed by atoms with van der Waals surface area (Å²) in [6.45, 7) is 0.0719. The summed E-state index contributed by atoms with van der Waals surface area (Å²) in [5.41, 5.74) is 10.9. The van der Waals surface area contributed by atoms with Crippen LogP contribution in [0, 0.1) is 0 Å². The number of hydrogen-bond acceptors (Lipinski definition) is 1. The van der Waals surface area contributed by atoms with Crippen LogP contribution in [0.25, 0.3) is 0 Å². The van der Waals surface area contributed by atoms with Gasteiger partial charge in [-0.3, -0.25) is 0 Å². The van der Waals surface area contributed by atoms with Crippen LogP contribution in [0.5, 0.6) is 0 Å². The quantitative estimate of drug-likeness (QED) is 0.893. The van der Waals surface area contributed by atoms with Gasteiger partial charge in [0.1, 0.15) is 0 Å². The van der Waals surface area contributed by atoms with Gasteiger partial charge in [-0.1, -0.05) is 48.5 Å². The summed E-state index contributed by atoms with van der Waals surface area (Å²) in [6, 6.07) is 17.2. The molecule has 0 radical (unpaired) electrons. The molecule has 102 valence electrons. The van der Waals surface area contributed by atoms with Crippen molar-refractivity contribution in [2.75, 3.05) is 6.54 Å². The van der Waals surface area contributed by atoms with Crippen LogP contribution in [0.15, 0.2) is 48.5 Å². The molecule has 0 heterocycles. The highest BCUT2D eigenvalue weighted by Crippen LogP contribution is 2.57. The Balaban J connectivity index is 1.97. The smallest absolute Gasteiger partial charge is 0.0280 e. The van der Waals surface area contributed by atoms with Crippen molar-refractivity contribution >= 4 is 0 Å². The molecule has 0 saturated heterocycles. The van der Waals surface area contributed by atoms with Crippen molar-refractivity contribution in [3.05, 3.63) is 70.8 Å². The molecule has 5 rings (SSSR count). The summed E-state index contributed by atoms with van der Waals surface area (Å²) >= 11 is 0. The molecule has 3 aliphatic rings. The van der Waals surface area contributed by atoms with Crippen molar-refractivity contribution in [2.45, 2.75) is 37.0 Å². The maximum Gasteiger partial charge on any atom is 0.0280 e. The molecular formula is C19H21N. The third-order valence-electron chi connectivity index (χ3n) is 5.13. The van der Waals surface area contributed by atoms with Crippen LogP contribution in [-0.2, 0) is 5.41 Å². The molecule has 0 aromatic heterocycles. The third kappa shape index (κ3) is 1.47. The summed E-state index contributed by atoms with van der Waals surface area (Å²) in [4.78, 5) is 0. The van der Waals surface area contributed by atoms with Gasteiger partial charge in [-0.15, -0.1) is 0 Å². The van der Waals surface area contributed by atoms with Gasteiger partial charge in [-0.05, 0) is 54.4 Å². The van der Waals surface area contributed by atoms with Crippen LogP contribution in [0.2, 0.25) is 0 Å². The Labute approximate surface area is 123 Å². The topological polar surface area (TPSA) is 26.0 Å². The van der Waals surface area contributed by atoms with Crippen molar-refractivity contribution in [3.63, 3.8) is 0 Å². The van der Waals surface area contributed by atoms with Gasteiger partial charge in [0.15, 0.2) is 0 Å². The van der Waals surface area contributed by atoms with Gasteiger partial charge in [0.25, 0.3) is 0 Å². The second-order valence-corrected chi connectivity index (χ2v) is 5.98. The van der Waals surface area contributed by atoms with Crippen LogP contribution in [0.1, 0.15) is 56.5 Å². The number of fused-ring (bicyclic) bond motifs is 1. The Morgan fingerprint density at radius 2 is 1.65 bits per heavy atom. The first-order valence-electron chi connectivity index (χ1n) is 8.46. The highest BCUT2D eigenvalue weighted by atomic mass is 14.5. The summed E-state index contributed by atoms with van der Waals surface area (Å²) in [7, 11) is 0. The van der Waals surface area contributed by atoms with Gasteiger partial charge in [0.2, 0.25) is 0 Å². The molecule has 0 unspecified atom stereocenters. The van der Waals surface area contributed by atoms with Gasteiger partial charge >= 0.3 is 0 Å². The summed E-state index contributed by atoms with van der Waals surface area (Å²) < 4.78 is 16.6. The lowest BCUT2D eigenvalue weighted by Gasteiger charge is -2.49. The van der Waals surface area contributed by atoms with E-state index in [0.29, 0.717) is 12.3 Å². The zero-order valence-electron chi connectivity index (χ0n) is 13.6. The first kappa shape index (κ1) is 10.2. The summed E-state index contributed by atoms with van der Waals surface area (Å²) in [6.07, 6.45) is 1.25. The van der Waals surface area contributed by atoms with Gasteiger partial charge in [-0.25, -0.2) is 0 Å². The molecular weight excluding hydrogens is 242 g/mol. The minimum atomic E-state index is -1.34. The Kier molecular flexibility index (Phi) is 2.27. The Hall–Kier alpha value is -1.60. The van der Waals surface area contributed by atoms with E-state index >= 15 is 0 Å². The molecule has 0 saturated carbocycles. The lowest BCUT2D eigenvalue weighted by Crippen LogP contribution is -2.40. The third-order valence-corrected chi connectivity index (χ3v) is 5.13. The van der Waals surface area contributed by atoms with E-state index in [1.807, 2.05) is 0 Å². The highest BCUT2D eigenvalue weighted by molar-refractivity contribution is 5.58. The first-order chi connectivity index (χ1) is 10.6. The predicted molar refractivity (Wildman–Crippen MR) is 83.0 cm³/mol. The van der Waals surface area contributed by atoms with E-state index in [0.717, 1.165) is 12.8 Å². The monoisotopic (exact) mass is 265 g/mol. The van der Waals surface area contributed by atoms with Gasteiger partial charge in [0.05, 0.1) is 0 Å². The second kappa shape index (κ2) is 4.46. The molecule has 0 aliphatic heterocycles. The maximum absolute atomic E-state index is 8.28. The van der Waals surface area contributed by atoms with Crippen LogP contribution in [-0.4, -0.2) is 6.54 Å². The number of rotatable bonds is 3. The largest absolute Gasteiger partial charge is 0.330 e. The van der Waals surface area contributed by atoms with E-state index in [1.54, 1.807) is 0 Å². The standard InChI is InChI=1S/C19H21N/c20-13-5-11-19-12-10-14(15-6-1-3-8-17(15)19)16-7-2-4-9-18(16)19/h1-4,6-9,14H,5,10-13,20H2/i5D2. The highest BCUT2D eigenvalue weighted by Gasteiger charge is 2.47. The normalized spacial score (nSPS) is 28.4. The Morgan fingerprint density at radius 1 is 1.05 bits per heavy atom. The van der Waals surface area contributed by atoms with Crippen molar-refractivity contribution < 1.29 is 2.74 Å². The van der Waals surface area contributed by atoms with E-state index in [2.05, 4.69) is 48.5 Å². The van der Waals surface area contributed by atoms with Crippen molar-refractivity contribution in [1.29, 1.82) is 0 Å². The van der Waals surface area contributed by atoms with Gasteiger partial charge in [-0.2, -0.15) is 0 Å². The predicted octanol–water partition coefficient (Wildman–Crippen LogP) is 3.95.